The summed E-state index contributed by atoms with van der Waals surface area (Å²) in [6, 6.07) is 7.17. The Morgan fingerprint density at radius 2 is 1.67 bits per heavy atom. The monoisotopic (exact) mass is 367 g/mol. The van der Waals surface area contributed by atoms with Gasteiger partial charge in [0.2, 0.25) is 0 Å². The van der Waals surface area contributed by atoms with E-state index in [1.54, 1.807) is 18.2 Å². The van der Waals surface area contributed by atoms with Crippen LogP contribution in [0.5, 0.6) is 5.75 Å². The Morgan fingerprint density at radius 1 is 1.04 bits per heavy atom. The normalized spacial score (nSPS) is 20.1. The Bertz CT molecular complexity index is 854. The predicted octanol–water partition coefficient (Wildman–Crippen LogP) is 2.68. The van der Waals surface area contributed by atoms with Crippen molar-refractivity contribution in [3.8, 4) is 5.75 Å². The number of Topliss-reactive ketones (excluding diaryl/α,β-unsaturated/α-hetero) is 2. The first-order valence-corrected chi connectivity index (χ1v) is 9.26. The van der Waals surface area contributed by atoms with Gasteiger partial charge in [0.25, 0.3) is 5.91 Å². The molecular weight excluding hydrogens is 346 g/mol. The molecule has 0 atom stereocenters. The molecule has 0 bridgehead atoms. The fraction of sp³-hybridized carbons (Fsp3) is 0.381. The van der Waals surface area contributed by atoms with Crippen molar-refractivity contribution in [3.63, 3.8) is 0 Å². The Hall–Kier alpha value is -2.89. The number of ether oxygens (including phenoxy) is 2. The van der Waals surface area contributed by atoms with Crippen LogP contribution < -0.4 is 10.5 Å². The van der Waals surface area contributed by atoms with Crippen LogP contribution in [0.1, 0.15) is 50.0 Å². The number of carbonyl (C=O) groups excluding carboxylic acids is 3. The number of carbonyl (C=O) groups is 3. The van der Waals surface area contributed by atoms with Crippen LogP contribution in [-0.4, -0.2) is 24.1 Å². The average molecular weight is 367 g/mol. The van der Waals surface area contributed by atoms with E-state index in [1.807, 2.05) is 6.07 Å². The van der Waals surface area contributed by atoms with Crippen LogP contribution in [0.2, 0.25) is 0 Å². The Labute approximate surface area is 157 Å². The molecule has 1 aromatic rings. The highest BCUT2D eigenvalue weighted by molar-refractivity contribution is 6.05. The van der Waals surface area contributed by atoms with Gasteiger partial charge in [0.1, 0.15) is 17.3 Å². The zero-order chi connectivity index (χ0) is 19.0. The molecule has 0 aromatic heterocycles. The molecule has 3 aliphatic rings. The van der Waals surface area contributed by atoms with E-state index in [9.17, 15) is 14.4 Å². The molecular formula is C21H21NO5. The van der Waals surface area contributed by atoms with E-state index < -0.39 is 11.8 Å². The summed E-state index contributed by atoms with van der Waals surface area (Å²) in [6.45, 7) is -0.225. The molecule has 27 heavy (non-hydrogen) atoms. The predicted molar refractivity (Wildman–Crippen MR) is 96.7 cm³/mol. The quantitative estimate of drug-likeness (QED) is 0.883. The minimum absolute atomic E-state index is 0.0367. The topological polar surface area (TPSA) is 95.7 Å². The van der Waals surface area contributed by atoms with Crippen LogP contribution >= 0.6 is 0 Å². The van der Waals surface area contributed by atoms with Gasteiger partial charge in [-0.1, -0.05) is 12.1 Å². The van der Waals surface area contributed by atoms with Gasteiger partial charge in [-0.15, -0.1) is 0 Å². The molecule has 1 aromatic carbocycles. The van der Waals surface area contributed by atoms with Gasteiger partial charge in [-0.2, -0.15) is 0 Å². The van der Waals surface area contributed by atoms with Crippen molar-refractivity contribution in [3.05, 3.63) is 52.5 Å². The zero-order valence-corrected chi connectivity index (χ0v) is 15.0. The molecule has 1 amide bonds. The number of rotatable bonds is 4. The number of primary amides is 1. The van der Waals surface area contributed by atoms with Crippen molar-refractivity contribution in [1.82, 2.24) is 0 Å². The first-order valence-electron chi connectivity index (χ1n) is 9.26. The molecule has 6 heteroatoms. The van der Waals surface area contributed by atoms with Gasteiger partial charge in [-0.05, 0) is 30.5 Å². The summed E-state index contributed by atoms with van der Waals surface area (Å²) in [5, 5.41) is 0. The SMILES string of the molecule is NC(=O)COc1cccc(C2C3=C(CCCC3=O)OC3=C2C(=O)CCC3)c1. The highest BCUT2D eigenvalue weighted by Crippen LogP contribution is 2.48. The minimum Gasteiger partial charge on any atom is -0.484 e. The highest BCUT2D eigenvalue weighted by atomic mass is 16.5. The molecule has 140 valence electrons. The van der Waals surface area contributed by atoms with Crippen molar-refractivity contribution in [2.45, 2.75) is 44.4 Å². The third-order valence-corrected chi connectivity index (χ3v) is 5.21. The molecule has 6 nitrogen and oxygen atoms in total. The third-order valence-electron chi connectivity index (χ3n) is 5.21. The molecule has 2 aliphatic carbocycles. The standard InChI is InChI=1S/C21H21NO5/c22-18(25)11-26-13-5-1-4-12(10-13)19-20-14(23)6-2-8-16(20)27-17-9-3-7-15(24)21(17)19/h1,4-5,10,19H,2-3,6-9,11H2,(H2,22,25). The van der Waals surface area contributed by atoms with E-state index in [0.29, 0.717) is 54.1 Å². The molecule has 2 N–H and O–H groups in total. The van der Waals surface area contributed by atoms with Gasteiger partial charge in [-0.25, -0.2) is 0 Å². The summed E-state index contributed by atoms with van der Waals surface area (Å²) in [5.41, 5.74) is 7.14. The van der Waals surface area contributed by atoms with Crippen LogP contribution in [-0.2, 0) is 19.1 Å². The molecule has 1 aliphatic heterocycles. The number of amides is 1. The van der Waals surface area contributed by atoms with Crippen molar-refractivity contribution in [2.24, 2.45) is 5.73 Å². The fourth-order valence-electron chi connectivity index (χ4n) is 4.09. The first-order chi connectivity index (χ1) is 13.0. The van der Waals surface area contributed by atoms with Gasteiger partial charge in [0.15, 0.2) is 18.2 Å². The van der Waals surface area contributed by atoms with E-state index in [4.69, 9.17) is 15.2 Å². The smallest absolute Gasteiger partial charge is 0.255 e. The van der Waals surface area contributed by atoms with E-state index in [1.165, 1.54) is 0 Å². The molecule has 0 spiro atoms. The number of allylic oxidation sites excluding steroid dienone is 4. The van der Waals surface area contributed by atoms with E-state index in [2.05, 4.69) is 0 Å². The van der Waals surface area contributed by atoms with Crippen molar-refractivity contribution in [2.75, 3.05) is 6.61 Å². The van der Waals surface area contributed by atoms with Crippen molar-refractivity contribution < 1.29 is 23.9 Å². The largest absolute Gasteiger partial charge is 0.484 e. The lowest BCUT2D eigenvalue weighted by Crippen LogP contribution is -2.30. The lowest BCUT2D eigenvalue weighted by Gasteiger charge is -2.36. The maximum atomic E-state index is 12.7. The summed E-state index contributed by atoms with van der Waals surface area (Å²) in [4.78, 5) is 36.5. The van der Waals surface area contributed by atoms with E-state index in [-0.39, 0.29) is 18.2 Å². The van der Waals surface area contributed by atoms with Crippen LogP contribution in [0, 0.1) is 0 Å². The number of ketones is 2. The van der Waals surface area contributed by atoms with E-state index in [0.717, 1.165) is 18.4 Å². The molecule has 0 fully saturated rings. The number of hydrogen-bond acceptors (Lipinski definition) is 5. The lowest BCUT2D eigenvalue weighted by molar-refractivity contribution is -0.120. The number of hydrogen-bond donors (Lipinski definition) is 1. The second-order valence-electron chi connectivity index (χ2n) is 7.09. The summed E-state index contributed by atoms with van der Waals surface area (Å²) in [7, 11) is 0. The van der Waals surface area contributed by atoms with Crippen LogP contribution in [0.15, 0.2) is 46.9 Å². The van der Waals surface area contributed by atoms with Gasteiger partial charge >= 0.3 is 0 Å². The molecule has 1 heterocycles. The van der Waals surface area contributed by atoms with Crippen LogP contribution in [0.3, 0.4) is 0 Å². The maximum Gasteiger partial charge on any atom is 0.255 e. The average Bonchev–Trinajstić information content (AvgIpc) is 2.65. The van der Waals surface area contributed by atoms with Gasteiger partial charge < -0.3 is 15.2 Å². The Balaban J connectivity index is 1.80. The number of nitrogens with two attached hydrogens (primary N) is 1. The van der Waals surface area contributed by atoms with Gasteiger partial charge in [0.05, 0.1) is 0 Å². The molecule has 0 saturated heterocycles. The highest BCUT2D eigenvalue weighted by Gasteiger charge is 2.41. The summed E-state index contributed by atoms with van der Waals surface area (Å²) < 4.78 is 11.4. The van der Waals surface area contributed by atoms with Gasteiger partial charge in [-0.3, -0.25) is 14.4 Å². The molecule has 0 unspecified atom stereocenters. The Kier molecular flexibility index (Phi) is 4.56. The summed E-state index contributed by atoms with van der Waals surface area (Å²) in [6.07, 6.45) is 3.88. The fourth-order valence-corrected chi connectivity index (χ4v) is 4.09. The Morgan fingerprint density at radius 3 is 2.26 bits per heavy atom. The minimum atomic E-state index is -0.564. The van der Waals surface area contributed by atoms with Crippen molar-refractivity contribution in [1.29, 1.82) is 0 Å². The molecule has 4 rings (SSSR count). The summed E-state index contributed by atoms with van der Waals surface area (Å²) >= 11 is 0. The number of benzene rings is 1. The third kappa shape index (κ3) is 3.27. The zero-order valence-electron chi connectivity index (χ0n) is 15.0. The van der Waals surface area contributed by atoms with Crippen molar-refractivity contribution >= 4 is 17.5 Å². The van der Waals surface area contributed by atoms with Crippen LogP contribution in [0.25, 0.3) is 0 Å². The molecule has 0 radical (unpaired) electrons. The second kappa shape index (κ2) is 7.02. The maximum absolute atomic E-state index is 12.7. The first kappa shape index (κ1) is 17.5. The van der Waals surface area contributed by atoms with Gasteiger partial charge in [0, 0.05) is 42.7 Å². The molecule has 0 saturated carbocycles. The lowest BCUT2D eigenvalue weighted by atomic mass is 9.73. The summed E-state index contributed by atoms with van der Waals surface area (Å²) in [5.74, 6) is 0.965. The van der Waals surface area contributed by atoms with Crippen LogP contribution in [0.4, 0.5) is 0 Å². The van der Waals surface area contributed by atoms with E-state index >= 15 is 0 Å². The second-order valence-corrected chi connectivity index (χ2v) is 7.09.